The number of unbranched alkanes of at least 4 members (excludes halogenated alkanes) is 5. The molecule has 1 radical (unpaired) electrons. The van der Waals surface area contributed by atoms with Crippen molar-refractivity contribution in [3.05, 3.63) is 43.4 Å². The number of allylic oxidation sites excluding steroid dienone is 6. The van der Waals surface area contributed by atoms with Gasteiger partial charge in [0.05, 0.1) is 0 Å². The summed E-state index contributed by atoms with van der Waals surface area (Å²) in [6, 6.07) is 0. The summed E-state index contributed by atoms with van der Waals surface area (Å²) in [6.45, 7) is 5.86. The maximum Gasteiger partial charge on any atom is -0.0348 e. The second kappa shape index (κ2) is 12.2. The molecule has 14 heavy (non-hydrogen) atoms. The van der Waals surface area contributed by atoms with E-state index >= 15 is 0 Å². The number of hydrogen-bond donors (Lipinski definition) is 0. The van der Waals surface area contributed by atoms with Gasteiger partial charge in [0.2, 0.25) is 0 Å². The van der Waals surface area contributed by atoms with Crippen LogP contribution in [0.25, 0.3) is 0 Å². The molecule has 0 spiro atoms. The summed E-state index contributed by atoms with van der Waals surface area (Å²) < 4.78 is 0. The highest BCUT2D eigenvalue weighted by Gasteiger charge is 1.85. The van der Waals surface area contributed by atoms with Crippen LogP contribution in [0.15, 0.2) is 36.5 Å². The van der Waals surface area contributed by atoms with Gasteiger partial charge in [0.1, 0.15) is 0 Å². The van der Waals surface area contributed by atoms with Crippen LogP contribution in [0, 0.1) is 6.92 Å². The van der Waals surface area contributed by atoms with E-state index in [1.165, 1.54) is 32.1 Å². The highest BCUT2D eigenvalue weighted by atomic mass is 13.9. The van der Waals surface area contributed by atoms with E-state index in [0.29, 0.717) is 0 Å². The van der Waals surface area contributed by atoms with Crippen molar-refractivity contribution in [1.29, 1.82) is 0 Å². The Hall–Kier alpha value is -0.780. The Balaban J connectivity index is 3.18. The van der Waals surface area contributed by atoms with E-state index in [1.54, 1.807) is 0 Å². The second-order valence-electron chi connectivity index (χ2n) is 3.40. The molecule has 0 heteroatoms. The highest BCUT2D eigenvalue weighted by Crippen LogP contribution is 2.04. The van der Waals surface area contributed by atoms with Crippen molar-refractivity contribution in [1.82, 2.24) is 0 Å². The van der Waals surface area contributed by atoms with Crippen molar-refractivity contribution in [3.8, 4) is 0 Å². The first-order valence-corrected chi connectivity index (χ1v) is 5.65. The Morgan fingerprint density at radius 1 is 0.857 bits per heavy atom. The second-order valence-corrected chi connectivity index (χ2v) is 3.40. The molecular weight excluding hydrogens is 168 g/mol. The first-order valence-electron chi connectivity index (χ1n) is 5.65. The van der Waals surface area contributed by atoms with E-state index in [1.807, 2.05) is 19.1 Å². The van der Waals surface area contributed by atoms with Gasteiger partial charge in [-0.1, -0.05) is 69.1 Å². The van der Waals surface area contributed by atoms with E-state index in [0.717, 1.165) is 6.42 Å². The predicted molar refractivity (Wildman–Crippen MR) is 66.2 cm³/mol. The van der Waals surface area contributed by atoms with E-state index in [-0.39, 0.29) is 0 Å². The third kappa shape index (κ3) is 11.2. The molecule has 0 aromatic rings. The van der Waals surface area contributed by atoms with Gasteiger partial charge in [0.15, 0.2) is 0 Å². The third-order valence-corrected chi connectivity index (χ3v) is 2.03. The Kier molecular flexibility index (Phi) is 11.5. The van der Waals surface area contributed by atoms with Crippen LogP contribution in [-0.2, 0) is 0 Å². The third-order valence-electron chi connectivity index (χ3n) is 2.03. The van der Waals surface area contributed by atoms with E-state index in [9.17, 15) is 0 Å². The van der Waals surface area contributed by atoms with Gasteiger partial charge in [-0.15, -0.1) is 0 Å². The Labute approximate surface area is 89.4 Å². The molecule has 0 aliphatic heterocycles. The van der Waals surface area contributed by atoms with Crippen LogP contribution in [0.2, 0.25) is 0 Å². The van der Waals surface area contributed by atoms with Crippen molar-refractivity contribution in [2.75, 3.05) is 0 Å². The van der Waals surface area contributed by atoms with Gasteiger partial charge in [0.25, 0.3) is 0 Å². The zero-order valence-electron chi connectivity index (χ0n) is 9.41. The van der Waals surface area contributed by atoms with Crippen LogP contribution >= 0.6 is 0 Å². The molecule has 0 saturated carbocycles. The average Bonchev–Trinajstić information content (AvgIpc) is 2.21. The lowest BCUT2D eigenvalue weighted by Crippen LogP contribution is -1.75. The molecule has 0 rings (SSSR count). The van der Waals surface area contributed by atoms with Crippen LogP contribution in [0.1, 0.15) is 45.4 Å². The predicted octanol–water partition coefficient (Wildman–Crippen LogP) is 4.85. The average molecular weight is 191 g/mol. The van der Waals surface area contributed by atoms with Crippen LogP contribution < -0.4 is 0 Å². The SMILES string of the molecule is [CH2]CCCCCCC=CC=CC=CC. The number of hydrogen-bond acceptors (Lipinski definition) is 0. The summed E-state index contributed by atoms with van der Waals surface area (Å²) >= 11 is 0. The molecule has 0 N–H and O–H groups in total. The van der Waals surface area contributed by atoms with Gasteiger partial charge >= 0.3 is 0 Å². The monoisotopic (exact) mass is 191 g/mol. The van der Waals surface area contributed by atoms with E-state index in [4.69, 9.17) is 0 Å². The topological polar surface area (TPSA) is 0 Å². The van der Waals surface area contributed by atoms with Gasteiger partial charge in [-0.2, -0.15) is 0 Å². The summed E-state index contributed by atoms with van der Waals surface area (Å²) in [5.74, 6) is 0. The minimum atomic E-state index is 1.09. The van der Waals surface area contributed by atoms with Crippen molar-refractivity contribution >= 4 is 0 Å². The van der Waals surface area contributed by atoms with Crippen LogP contribution in [0.3, 0.4) is 0 Å². The molecule has 0 aromatic carbocycles. The first-order chi connectivity index (χ1) is 6.91. The highest BCUT2D eigenvalue weighted by molar-refractivity contribution is 5.10. The van der Waals surface area contributed by atoms with Crippen LogP contribution in [0.4, 0.5) is 0 Å². The standard InChI is InChI=1S/C14H23/c1-3-5-7-9-11-13-14-12-10-8-6-4-2/h4,6,8,10,12,14H,1,3,5,7,9,11,13H2,2H3. The smallest absolute Gasteiger partial charge is 0.0348 e. The molecule has 0 unspecified atom stereocenters. The fourth-order valence-corrected chi connectivity index (χ4v) is 1.21. The Bertz CT molecular complexity index is 172. The minimum Gasteiger partial charge on any atom is -0.0877 e. The molecule has 0 atom stereocenters. The molecule has 0 saturated heterocycles. The molecule has 0 fully saturated rings. The summed E-state index contributed by atoms with van der Waals surface area (Å²) in [5.41, 5.74) is 0. The Morgan fingerprint density at radius 2 is 1.57 bits per heavy atom. The zero-order chi connectivity index (χ0) is 10.5. The van der Waals surface area contributed by atoms with Gasteiger partial charge in [0, 0.05) is 0 Å². The molecule has 0 heterocycles. The number of rotatable bonds is 8. The fourth-order valence-electron chi connectivity index (χ4n) is 1.21. The lowest BCUT2D eigenvalue weighted by atomic mass is 10.1. The molecule has 0 nitrogen and oxygen atoms in total. The molecule has 0 aliphatic carbocycles. The molecular formula is C14H23. The van der Waals surface area contributed by atoms with Gasteiger partial charge in [-0.25, -0.2) is 0 Å². The first kappa shape index (κ1) is 13.2. The molecule has 0 bridgehead atoms. The maximum atomic E-state index is 3.83. The normalized spacial score (nSPS) is 12.4. The summed E-state index contributed by atoms with van der Waals surface area (Å²) in [6.07, 6.45) is 20.1. The van der Waals surface area contributed by atoms with Crippen LogP contribution in [0.5, 0.6) is 0 Å². The molecule has 79 valence electrons. The maximum absolute atomic E-state index is 3.83. The van der Waals surface area contributed by atoms with Crippen molar-refractivity contribution in [3.63, 3.8) is 0 Å². The largest absolute Gasteiger partial charge is 0.0877 e. The Morgan fingerprint density at radius 3 is 2.29 bits per heavy atom. The summed E-state index contributed by atoms with van der Waals surface area (Å²) in [7, 11) is 0. The van der Waals surface area contributed by atoms with Crippen molar-refractivity contribution in [2.45, 2.75) is 45.4 Å². The lowest BCUT2D eigenvalue weighted by molar-refractivity contribution is 0.651. The lowest BCUT2D eigenvalue weighted by Gasteiger charge is -1.95. The fraction of sp³-hybridized carbons (Fsp3) is 0.500. The quantitative estimate of drug-likeness (QED) is 0.380. The van der Waals surface area contributed by atoms with E-state index < -0.39 is 0 Å². The van der Waals surface area contributed by atoms with Gasteiger partial charge < -0.3 is 0 Å². The van der Waals surface area contributed by atoms with Gasteiger partial charge in [-0.3, -0.25) is 0 Å². The molecule has 0 aliphatic rings. The minimum absolute atomic E-state index is 1.09. The van der Waals surface area contributed by atoms with Crippen LogP contribution in [-0.4, -0.2) is 0 Å². The summed E-state index contributed by atoms with van der Waals surface area (Å²) in [5, 5.41) is 0. The van der Waals surface area contributed by atoms with Crippen molar-refractivity contribution < 1.29 is 0 Å². The van der Waals surface area contributed by atoms with Crippen molar-refractivity contribution in [2.24, 2.45) is 0 Å². The zero-order valence-corrected chi connectivity index (χ0v) is 9.41. The summed E-state index contributed by atoms with van der Waals surface area (Å²) in [4.78, 5) is 0. The van der Waals surface area contributed by atoms with E-state index in [2.05, 4.69) is 31.2 Å². The van der Waals surface area contributed by atoms with Gasteiger partial charge in [-0.05, 0) is 19.8 Å². The molecule has 0 amide bonds. The molecule has 0 aromatic heterocycles.